The average molecular weight is 277 g/mol. The maximum Gasteiger partial charge on any atom is 0.303 e. The van der Waals surface area contributed by atoms with Gasteiger partial charge in [-0.15, -0.1) is 0 Å². The second kappa shape index (κ2) is 6.41. The molecule has 2 heterocycles. The number of likely N-dealkylation sites (tertiary alicyclic amines) is 1. The molecule has 1 unspecified atom stereocenters. The lowest BCUT2D eigenvalue weighted by Gasteiger charge is -2.13. The summed E-state index contributed by atoms with van der Waals surface area (Å²) in [5, 5.41) is 8.66. The lowest BCUT2D eigenvalue weighted by Crippen LogP contribution is -2.26. The number of carbonyl (C=O) groups is 2. The SMILES string of the molecule is Cc1ccc(/C=C/C(=O)N2CCC(CCC(=O)O)C2)o1. The van der Waals surface area contributed by atoms with Crippen molar-refractivity contribution in [3.63, 3.8) is 0 Å². The molecule has 0 aliphatic carbocycles. The van der Waals surface area contributed by atoms with Gasteiger partial charge in [0.2, 0.25) is 5.91 Å². The summed E-state index contributed by atoms with van der Waals surface area (Å²) >= 11 is 0. The molecular formula is C15H19NO4. The third-order valence-electron chi connectivity index (χ3n) is 3.52. The number of hydrogen-bond donors (Lipinski definition) is 1. The highest BCUT2D eigenvalue weighted by atomic mass is 16.4. The highest BCUT2D eigenvalue weighted by Crippen LogP contribution is 2.21. The number of hydrogen-bond acceptors (Lipinski definition) is 3. The Hall–Kier alpha value is -2.04. The van der Waals surface area contributed by atoms with E-state index in [9.17, 15) is 9.59 Å². The molecule has 1 amide bonds. The van der Waals surface area contributed by atoms with Gasteiger partial charge in [0, 0.05) is 25.6 Å². The Morgan fingerprint density at radius 3 is 2.95 bits per heavy atom. The lowest BCUT2D eigenvalue weighted by atomic mass is 10.0. The second-order valence-corrected chi connectivity index (χ2v) is 5.15. The molecule has 1 N–H and O–H groups in total. The van der Waals surface area contributed by atoms with Crippen LogP contribution in [0.1, 0.15) is 30.8 Å². The Morgan fingerprint density at radius 2 is 2.30 bits per heavy atom. The van der Waals surface area contributed by atoms with E-state index in [0.717, 1.165) is 12.2 Å². The third kappa shape index (κ3) is 3.98. The van der Waals surface area contributed by atoms with Crippen molar-refractivity contribution in [3.05, 3.63) is 29.7 Å². The van der Waals surface area contributed by atoms with E-state index in [1.54, 1.807) is 11.0 Å². The van der Waals surface area contributed by atoms with E-state index in [0.29, 0.717) is 31.2 Å². The molecule has 0 spiro atoms. The van der Waals surface area contributed by atoms with Crippen LogP contribution in [0, 0.1) is 12.8 Å². The molecule has 5 nitrogen and oxygen atoms in total. The van der Waals surface area contributed by atoms with Gasteiger partial charge in [-0.2, -0.15) is 0 Å². The average Bonchev–Trinajstić information content (AvgIpc) is 3.02. The maximum atomic E-state index is 12.0. The van der Waals surface area contributed by atoms with Gasteiger partial charge in [-0.1, -0.05) is 0 Å². The molecule has 1 saturated heterocycles. The predicted octanol–water partition coefficient (Wildman–Crippen LogP) is 2.31. The van der Waals surface area contributed by atoms with Crippen LogP contribution in [0.25, 0.3) is 6.08 Å². The zero-order chi connectivity index (χ0) is 14.5. The first-order valence-corrected chi connectivity index (χ1v) is 6.80. The van der Waals surface area contributed by atoms with Crippen LogP contribution in [0.5, 0.6) is 0 Å². The molecule has 1 aromatic rings. The summed E-state index contributed by atoms with van der Waals surface area (Å²) < 4.78 is 5.36. The Labute approximate surface area is 117 Å². The second-order valence-electron chi connectivity index (χ2n) is 5.15. The van der Waals surface area contributed by atoms with Gasteiger partial charge in [-0.3, -0.25) is 9.59 Å². The van der Waals surface area contributed by atoms with Crippen LogP contribution >= 0.6 is 0 Å². The molecule has 0 aromatic carbocycles. The molecule has 1 fully saturated rings. The minimum Gasteiger partial charge on any atom is -0.481 e. The summed E-state index contributed by atoms with van der Waals surface area (Å²) in [7, 11) is 0. The first kappa shape index (κ1) is 14.4. The van der Waals surface area contributed by atoms with E-state index < -0.39 is 5.97 Å². The van der Waals surface area contributed by atoms with Crippen molar-refractivity contribution >= 4 is 18.0 Å². The van der Waals surface area contributed by atoms with Crippen molar-refractivity contribution in [3.8, 4) is 0 Å². The molecule has 1 aliphatic rings. The quantitative estimate of drug-likeness (QED) is 0.838. The van der Waals surface area contributed by atoms with Gasteiger partial charge >= 0.3 is 5.97 Å². The van der Waals surface area contributed by atoms with Gasteiger partial charge < -0.3 is 14.4 Å². The largest absolute Gasteiger partial charge is 0.481 e. The molecule has 0 saturated carbocycles. The fourth-order valence-electron chi connectivity index (χ4n) is 2.40. The van der Waals surface area contributed by atoms with Crippen LogP contribution in [0.4, 0.5) is 0 Å². The van der Waals surface area contributed by atoms with Crippen molar-refractivity contribution in [2.45, 2.75) is 26.2 Å². The number of carboxylic acids is 1. The smallest absolute Gasteiger partial charge is 0.303 e. The summed E-state index contributed by atoms with van der Waals surface area (Å²) in [6, 6.07) is 3.67. The summed E-state index contributed by atoms with van der Waals surface area (Å²) in [6.45, 7) is 3.20. The van der Waals surface area contributed by atoms with Crippen molar-refractivity contribution in [1.82, 2.24) is 4.90 Å². The minimum absolute atomic E-state index is 0.0446. The molecule has 0 bridgehead atoms. The van der Waals surface area contributed by atoms with Crippen molar-refractivity contribution < 1.29 is 19.1 Å². The fraction of sp³-hybridized carbons (Fsp3) is 0.467. The minimum atomic E-state index is -0.775. The molecule has 1 aromatic heterocycles. The topological polar surface area (TPSA) is 70.8 Å². The van der Waals surface area contributed by atoms with E-state index in [1.165, 1.54) is 6.08 Å². The van der Waals surface area contributed by atoms with Crippen LogP contribution in [0.15, 0.2) is 22.6 Å². The van der Waals surface area contributed by atoms with Crippen molar-refractivity contribution in [2.24, 2.45) is 5.92 Å². The fourth-order valence-corrected chi connectivity index (χ4v) is 2.40. The Kier molecular flexibility index (Phi) is 4.61. The molecule has 0 radical (unpaired) electrons. The van der Waals surface area contributed by atoms with E-state index in [-0.39, 0.29) is 12.3 Å². The normalized spacial score (nSPS) is 18.9. The van der Waals surface area contributed by atoms with E-state index in [2.05, 4.69) is 0 Å². The third-order valence-corrected chi connectivity index (χ3v) is 3.52. The number of aliphatic carboxylic acids is 1. The van der Waals surface area contributed by atoms with Crippen molar-refractivity contribution in [2.75, 3.05) is 13.1 Å². The molecule has 2 rings (SSSR count). The van der Waals surface area contributed by atoms with E-state index >= 15 is 0 Å². The molecule has 20 heavy (non-hydrogen) atoms. The van der Waals surface area contributed by atoms with Crippen LogP contribution < -0.4 is 0 Å². The Balaban J connectivity index is 1.82. The van der Waals surface area contributed by atoms with Crippen LogP contribution in [0.2, 0.25) is 0 Å². The maximum absolute atomic E-state index is 12.0. The monoisotopic (exact) mass is 277 g/mol. The number of carbonyl (C=O) groups excluding carboxylic acids is 1. The zero-order valence-corrected chi connectivity index (χ0v) is 11.5. The standard InChI is InChI=1S/C15H19NO4/c1-11-2-4-13(20-11)5-6-14(17)16-9-8-12(10-16)3-7-15(18)19/h2,4-6,12H,3,7-10H2,1H3,(H,18,19)/b6-5+. The predicted molar refractivity (Wildman–Crippen MR) is 74.0 cm³/mol. The molecule has 5 heteroatoms. The summed E-state index contributed by atoms with van der Waals surface area (Å²) in [5.41, 5.74) is 0. The van der Waals surface area contributed by atoms with Gasteiger partial charge in [0.1, 0.15) is 11.5 Å². The van der Waals surface area contributed by atoms with Gasteiger partial charge in [0.25, 0.3) is 0 Å². The van der Waals surface area contributed by atoms with Crippen LogP contribution in [-0.2, 0) is 9.59 Å². The van der Waals surface area contributed by atoms with Gasteiger partial charge in [-0.05, 0) is 43.9 Å². The van der Waals surface area contributed by atoms with Crippen LogP contribution in [0.3, 0.4) is 0 Å². The lowest BCUT2D eigenvalue weighted by molar-refractivity contribution is -0.137. The zero-order valence-electron chi connectivity index (χ0n) is 11.5. The highest BCUT2D eigenvalue weighted by Gasteiger charge is 2.25. The van der Waals surface area contributed by atoms with Gasteiger partial charge in [0.05, 0.1) is 0 Å². The first-order chi connectivity index (χ1) is 9.54. The number of amides is 1. The number of rotatable bonds is 5. The molecular weight excluding hydrogens is 258 g/mol. The molecule has 1 atom stereocenters. The van der Waals surface area contributed by atoms with Crippen LogP contribution in [-0.4, -0.2) is 35.0 Å². The molecule has 1 aliphatic heterocycles. The Morgan fingerprint density at radius 1 is 1.50 bits per heavy atom. The summed E-state index contributed by atoms with van der Waals surface area (Å²) in [4.78, 5) is 24.3. The molecule has 108 valence electrons. The van der Waals surface area contributed by atoms with Gasteiger partial charge in [0.15, 0.2) is 0 Å². The van der Waals surface area contributed by atoms with Gasteiger partial charge in [-0.25, -0.2) is 0 Å². The first-order valence-electron chi connectivity index (χ1n) is 6.80. The number of carboxylic acid groups (broad SMARTS) is 1. The number of aryl methyl sites for hydroxylation is 1. The Bertz CT molecular complexity index is 518. The van der Waals surface area contributed by atoms with E-state index in [4.69, 9.17) is 9.52 Å². The summed E-state index contributed by atoms with van der Waals surface area (Å²) in [6.07, 6.45) is 4.87. The van der Waals surface area contributed by atoms with E-state index in [1.807, 2.05) is 19.1 Å². The number of nitrogens with zero attached hydrogens (tertiary/aromatic N) is 1. The summed E-state index contributed by atoms with van der Waals surface area (Å²) in [5.74, 6) is 0.957. The highest BCUT2D eigenvalue weighted by molar-refractivity contribution is 5.91. The van der Waals surface area contributed by atoms with Crippen molar-refractivity contribution in [1.29, 1.82) is 0 Å². The number of furan rings is 1.